The second kappa shape index (κ2) is 7.30. The molecule has 0 aromatic heterocycles. The van der Waals surface area contributed by atoms with Gasteiger partial charge >= 0.3 is 0 Å². The summed E-state index contributed by atoms with van der Waals surface area (Å²) in [6.07, 6.45) is 2.65. The molecule has 3 nitrogen and oxygen atoms in total. The van der Waals surface area contributed by atoms with E-state index in [2.05, 4.69) is 23.5 Å². The van der Waals surface area contributed by atoms with Crippen LogP contribution in [0.2, 0.25) is 0 Å². The molecule has 0 atom stereocenters. The molecule has 0 heterocycles. The molecule has 0 bridgehead atoms. The summed E-state index contributed by atoms with van der Waals surface area (Å²) >= 11 is 0. The van der Waals surface area contributed by atoms with Gasteiger partial charge in [-0.2, -0.15) is 5.26 Å². The van der Waals surface area contributed by atoms with Crippen molar-refractivity contribution in [2.75, 3.05) is 6.54 Å². The van der Waals surface area contributed by atoms with Gasteiger partial charge in [-0.3, -0.25) is 4.79 Å². The number of nitrogens with one attached hydrogen (secondary N) is 1. The number of carbonyl (C=O) groups is 1. The summed E-state index contributed by atoms with van der Waals surface area (Å²) in [4.78, 5) is 11.9. The van der Waals surface area contributed by atoms with E-state index < -0.39 is 0 Å². The normalized spacial score (nSPS) is 10.2. The van der Waals surface area contributed by atoms with Gasteiger partial charge in [0.2, 0.25) is 5.91 Å². The molecule has 2 aromatic rings. The van der Waals surface area contributed by atoms with Crippen LogP contribution < -0.4 is 5.32 Å². The Labute approximate surface area is 119 Å². The van der Waals surface area contributed by atoms with Gasteiger partial charge in [0.25, 0.3) is 0 Å². The molecule has 0 aliphatic carbocycles. The zero-order valence-electron chi connectivity index (χ0n) is 11.4. The highest BCUT2D eigenvalue weighted by Gasteiger charge is 2.06. The fourth-order valence-corrected chi connectivity index (χ4v) is 2.24. The predicted octanol–water partition coefficient (Wildman–Crippen LogP) is 3.19. The van der Waals surface area contributed by atoms with Gasteiger partial charge in [-0.1, -0.05) is 42.5 Å². The molecule has 0 aliphatic rings. The number of hydrogen-bond acceptors (Lipinski definition) is 2. The molecular formula is C17H18N2O. The summed E-state index contributed by atoms with van der Waals surface area (Å²) in [5, 5.41) is 13.6. The van der Waals surface area contributed by atoms with Gasteiger partial charge in [0.15, 0.2) is 0 Å². The first-order valence-corrected chi connectivity index (χ1v) is 6.91. The van der Waals surface area contributed by atoms with Crippen molar-refractivity contribution in [1.82, 2.24) is 5.32 Å². The highest BCUT2D eigenvalue weighted by Crippen LogP contribution is 2.18. The molecule has 1 N–H and O–H groups in total. The van der Waals surface area contributed by atoms with E-state index in [0.717, 1.165) is 29.2 Å². The number of unbranched alkanes of at least 4 members (excludes halogenated alkanes) is 2. The number of hydrogen-bond donors (Lipinski definition) is 1. The highest BCUT2D eigenvalue weighted by atomic mass is 16.1. The van der Waals surface area contributed by atoms with Crippen LogP contribution in [0.15, 0.2) is 42.5 Å². The maximum atomic E-state index is 11.9. The lowest BCUT2D eigenvalue weighted by Crippen LogP contribution is -2.26. The van der Waals surface area contributed by atoms with Gasteiger partial charge in [-0.25, -0.2) is 0 Å². The van der Waals surface area contributed by atoms with Crippen molar-refractivity contribution >= 4 is 16.7 Å². The van der Waals surface area contributed by atoms with Crippen molar-refractivity contribution in [3.05, 3.63) is 48.0 Å². The molecule has 0 fully saturated rings. The molecule has 0 unspecified atom stereocenters. The molecule has 20 heavy (non-hydrogen) atoms. The highest BCUT2D eigenvalue weighted by molar-refractivity contribution is 5.90. The summed E-state index contributed by atoms with van der Waals surface area (Å²) in [6.45, 7) is 0.644. The third-order valence-corrected chi connectivity index (χ3v) is 3.27. The summed E-state index contributed by atoms with van der Waals surface area (Å²) < 4.78 is 0. The molecule has 0 saturated heterocycles. The minimum Gasteiger partial charge on any atom is -0.356 e. The first-order chi connectivity index (χ1) is 9.81. The molecule has 0 aliphatic heterocycles. The summed E-state index contributed by atoms with van der Waals surface area (Å²) in [5.41, 5.74) is 1.05. The van der Waals surface area contributed by atoms with Crippen LogP contribution in [0.1, 0.15) is 24.8 Å². The fourth-order valence-electron chi connectivity index (χ4n) is 2.24. The van der Waals surface area contributed by atoms with Crippen molar-refractivity contribution < 1.29 is 4.79 Å². The monoisotopic (exact) mass is 266 g/mol. The summed E-state index contributed by atoms with van der Waals surface area (Å²) in [7, 11) is 0. The van der Waals surface area contributed by atoms with Gasteiger partial charge in [-0.05, 0) is 29.2 Å². The molecule has 2 aromatic carbocycles. The Kier molecular flexibility index (Phi) is 5.14. The number of amides is 1. The third-order valence-electron chi connectivity index (χ3n) is 3.27. The Morgan fingerprint density at radius 2 is 1.90 bits per heavy atom. The van der Waals surface area contributed by atoms with E-state index in [9.17, 15) is 4.79 Å². The first kappa shape index (κ1) is 14.1. The number of rotatable bonds is 6. The van der Waals surface area contributed by atoms with Crippen LogP contribution in [0.3, 0.4) is 0 Å². The molecule has 102 valence electrons. The molecule has 0 radical (unpaired) electrons. The maximum absolute atomic E-state index is 11.9. The van der Waals surface area contributed by atoms with E-state index in [-0.39, 0.29) is 5.91 Å². The standard InChI is InChI=1S/C17H18N2O/c18-11-4-1-5-12-19-17(20)13-15-9-6-8-14-7-2-3-10-16(14)15/h2-3,6-10H,1,4-5,12-13H2,(H,19,20). The quantitative estimate of drug-likeness (QED) is 0.816. The topological polar surface area (TPSA) is 52.9 Å². The largest absolute Gasteiger partial charge is 0.356 e. The van der Waals surface area contributed by atoms with Gasteiger partial charge in [0.05, 0.1) is 12.5 Å². The van der Waals surface area contributed by atoms with Crippen molar-refractivity contribution in [1.29, 1.82) is 5.26 Å². The molecule has 0 spiro atoms. The predicted molar refractivity (Wildman–Crippen MR) is 80.1 cm³/mol. The van der Waals surface area contributed by atoms with Gasteiger partial charge in [-0.15, -0.1) is 0 Å². The Morgan fingerprint density at radius 1 is 1.10 bits per heavy atom. The maximum Gasteiger partial charge on any atom is 0.224 e. The zero-order chi connectivity index (χ0) is 14.2. The number of carbonyl (C=O) groups excluding carboxylic acids is 1. The van der Waals surface area contributed by atoms with E-state index in [1.165, 1.54) is 0 Å². The van der Waals surface area contributed by atoms with Crippen LogP contribution in [0.25, 0.3) is 10.8 Å². The Balaban J connectivity index is 1.92. The van der Waals surface area contributed by atoms with Gasteiger partial charge in [0, 0.05) is 13.0 Å². The fraction of sp³-hybridized carbons (Fsp3) is 0.294. The molecular weight excluding hydrogens is 248 g/mol. The van der Waals surface area contributed by atoms with Crippen LogP contribution in [0.4, 0.5) is 0 Å². The third kappa shape index (κ3) is 3.83. The van der Waals surface area contributed by atoms with E-state index >= 15 is 0 Å². The minimum absolute atomic E-state index is 0.0401. The molecule has 3 heteroatoms. The van der Waals surface area contributed by atoms with Crippen LogP contribution in [-0.2, 0) is 11.2 Å². The van der Waals surface area contributed by atoms with Gasteiger partial charge in [0.1, 0.15) is 0 Å². The second-order valence-electron chi connectivity index (χ2n) is 4.78. The van der Waals surface area contributed by atoms with Crippen LogP contribution in [0, 0.1) is 11.3 Å². The summed E-state index contributed by atoms with van der Waals surface area (Å²) in [5.74, 6) is 0.0401. The Hall–Kier alpha value is -2.34. The lowest BCUT2D eigenvalue weighted by Gasteiger charge is -2.07. The van der Waals surface area contributed by atoms with E-state index in [1.807, 2.05) is 30.3 Å². The van der Waals surface area contributed by atoms with Crippen LogP contribution >= 0.6 is 0 Å². The SMILES string of the molecule is N#CCCCCNC(=O)Cc1cccc2ccccc12. The Morgan fingerprint density at radius 3 is 2.75 bits per heavy atom. The number of fused-ring (bicyclic) bond motifs is 1. The van der Waals surface area contributed by atoms with Crippen molar-refractivity contribution in [3.63, 3.8) is 0 Å². The minimum atomic E-state index is 0.0401. The lowest BCUT2D eigenvalue weighted by atomic mass is 10.0. The average molecular weight is 266 g/mol. The van der Waals surface area contributed by atoms with Crippen molar-refractivity contribution in [3.8, 4) is 6.07 Å². The number of nitrogens with zero attached hydrogens (tertiary/aromatic N) is 1. The van der Waals surface area contributed by atoms with E-state index in [1.54, 1.807) is 0 Å². The Bertz CT molecular complexity index is 623. The van der Waals surface area contributed by atoms with E-state index in [4.69, 9.17) is 5.26 Å². The van der Waals surface area contributed by atoms with Crippen LogP contribution in [-0.4, -0.2) is 12.5 Å². The second-order valence-corrected chi connectivity index (χ2v) is 4.78. The summed E-state index contributed by atoms with van der Waals surface area (Å²) in [6, 6.07) is 16.2. The van der Waals surface area contributed by atoms with Crippen molar-refractivity contribution in [2.45, 2.75) is 25.7 Å². The molecule has 2 rings (SSSR count). The van der Waals surface area contributed by atoms with E-state index in [0.29, 0.717) is 19.4 Å². The lowest BCUT2D eigenvalue weighted by molar-refractivity contribution is -0.120. The molecule has 0 saturated carbocycles. The number of nitriles is 1. The smallest absolute Gasteiger partial charge is 0.224 e. The average Bonchev–Trinajstić information content (AvgIpc) is 2.47. The first-order valence-electron chi connectivity index (χ1n) is 6.91. The number of benzene rings is 2. The van der Waals surface area contributed by atoms with Gasteiger partial charge < -0.3 is 5.32 Å². The van der Waals surface area contributed by atoms with Crippen molar-refractivity contribution in [2.24, 2.45) is 0 Å². The zero-order valence-corrected chi connectivity index (χ0v) is 11.4. The molecule has 1 amide bonds. The van der Waals surface area contributed by atoms with Crippen LogP contribution in [0.5, 0.6) is 0 Å².